The molecule has 0 aliphatic rings. The SMILES string of the molecule is C=COCOCCC(O)COCC(CC)(COCC(O)CCOCOC=C)COCC(O)C[NH+](CCO)CCO. The second-order valence-electron chi connectivity index (χ2n) is 9.56. The first-order valence-electron chi connectivity index (χ1n) is 13.8. The summed E-state index contributed by atoms with van der Waals surface area (Å²) in [5, 5.41) is 49.2. The van der Waals surface area contributed by atoms with Crippen molar-refractivity contribution in [3.8, 4) is 0 Å². The molecule has 0 aromatic heterocycles. The normalized spacial score (nSPS) is 15.4. The maximum atomic E-state index is 10.4. The van der Waals surface area contributed by atoms with Gasteiger partial charge in [-0.15, -0.1) is 0 Å². The van der Waals surface area contributed by atoms with Crippen molar-refractivity contribution in [2.24, 2.45) is 5.41 Å². The van der Waals surface area contributed by atoms with E-state index in [1.165, 1.54) is 12.5 Å². The van der Waals surface area contributed by atoms with Gasteiger partial charge in [-0.2, -0.15) is 0 Å². The van der Waals surface area contributed by atoms with Gasteiger partial charge in [0.25, 0.3) is 0 Å². The lowest BCUT2D eigenvalue weighted by Gasteiger charge is -2.33. The highest BCUT2D eigenvalue weighted by atomic mass is 16.7. The quantitative estimate of drug-likeness (QED) is 0.0315. The number of hydrogen-bond donors (Lipinski definition) is 6. The van der Waals surface area contributed by atoms with Gasteiger partial charge in [0.1, 0.15) is 25.7 Å². The highest BCUT2D eigenvalue weighted by Crippen LogP contribution is 2.24. The second-order valence-corrected chi connectivity index (χ2v) is 9.56. The summed E-state index contributed by atoms with van der Waals surface area (Å²) < 4.78 is 37.7. The fourth-order valence-corrected chi connectivity index (χ4v) is 3.62. The maximum Gasteiger partial charge on any atom is 0.188 e. The maximum absolute atomic E-state index is 10.4. The van der Waals surface area contributed by atoms with Crippen LogP contribution in [-0.2, 0) is 33.2 Å². The summed E-state index contributed by atoms with van der Waals surface area (Å²) in [5.74, 6) is 0. The second kappa shape index (κ2) is 26.5. The molecule has 3 atom stereocenters. The first-order chi connectivity index (χ1) is 19.4. The summed E-state index contributed by atoms with van der Waals surface area (Å²) in [6, 6.07) is 0. The highest BCUT2D eigenvalue weighted by molar-refractivity contribution is 4.78. The molecule has 0 heterocycles. The Morgan fingerprint density at radius 1 is 0.700 bits per heavy atom. The number of nitrogens with one attached hydrogen (secondary N) is 1. The molecular weight excluding hydrogens is 530 g/mol. The van der Waals surface area contributed by atoms with Crippen LogP contribution in [0.2, 0.25) is 0 Å². The van der Waals surface area contributed by atoms with E-state index in [9.17, 15) is 25.5 Å². The zero-order valence-electron chi connectivity index (χ0n) is 24.1. The Morgan fingerprint density at radius 2 is 1.12 bits per heavy atom. The smallest absolute Gasteiger partial charge is 0.188 e. The monoisotopic (exact) mass is 584 g/mol. The summed E-state index contributed by atoms with van der Waals surface area (Å²) in [4.78, 5) is 0.873. The Labute approximate surface area is 238 Å². The topological polar surface area (TPSA) is 170 Å². The van der Waals surface area contributed by atoms with Crippen molar-refractivity contribution in [3.63, 3.8) is 0 Å². The van der Waals surface area contributed by atoms with E-state index in [0.29, 0.717) is 52.1 Å². The number of quaternary nitrogens is 1. The van der Waals surface area contributed by atoms with Crippen LogP contribution in [0, 0.1) is 5.41 Å². The number of rotatable bonds is 31. The molecule has 13 nitrogen and oxygen atoms in total. The lowest BCUT2D eigenvalue weighted by Crippen LogP contribution is -3.14. The number of hydrogen-bond acceptors (Lipinski definition) is 12. The Bertz CT molecular complexity index is 550. The highest BCUT2D eigenvalue weighted by Gasteiger charge is 2.31. The molecule has 0 saturated heterocycles. The largest absolute Gasteiger partial charge is 0.476 e. The minimum atomic E-state index is -0.789. The van der Waals surface area contributed by atoms with Crippen LogP contribution in [0.3, 0.4) is 0 Å². The zero-order chi connectivity index (χ0) is 29.9. The standard InChI is InChI=1S/C27H53NO12/c1-4-27(19-38-16-24(31)7-13-36-22-34-5-2,20-39-17-25(32)8-14-37-23-35-6-3)21-40-18-26(33)15-28(9-11-29)10-12-30/h5-6,24-26,29-33H,2-4,7-23H2,1H3/p+1. The first-order valence-corrected chi connectivity index (χ1v) is 13.8. The third kappa shape index (κ3) is 21.4. The van der Waals surface area contributed by atoms with Gasteiger partial charge in [0.05, 0.1) is 90.8 Å². The number of ether oxygens (including phenoxy) is 7. The van der Waals surface area contributed by atoms with Gasteiger partial charge in [0.2, 0.25) is 0 Å². The molecule has 0 radical (unpaired) electrons. The van der Waals surface area contributed by atoms with Crippen LogP contribution in [-0.4, -0.2) is 143 Å². The average Bonchev–Trinajstić information content (AvgIpc) is 2.92. The van der Waals surface area contributed by atoms with E-state index in [2.05, 4.69) is 13.2 Å². The predicted octanol–water partition coefficient (Wildman–Crippen LogP) is -1.57. The van der Waals surface area contributed by atoms with Crippen LogP contribution in [0.25, 0.3) is 0 Å². The molecule has 0 aliphatic carbocycles. The first kappa shape index (κ1) is 38.6. The van der Waals surface area contributed by atoms with E-state index in [1.807, 2.05) is 6.92 Å². The van der Waals surface area contributed by atoms with Crippen LogP contribution in [0.1, 0.15) is 26.2 Å². The zero-order valence-corrected chi connectivity index (χ0v) is 24.1. The van der Waals surface area contributed by atoms with Gasteiger partial charge >= 0.3 is 0 Å². The summed E-state index contributed by atoms with van der Waals surface area (Å²) >= 11 is 0. The van der Waals surface area contributed by atoms with Crippen molar-refractivity contribution >= 4 is 0 Å². The van der Waals surface area contributed by atoms with Crippen molar-refractivity contribution in [3.05, 3.63) is 25.7 Å². The van der Waals surface area contributed by atoms with Gasteiger partial charge in [0, 0.05) is 5.41 Å². The van der Waals surface area contributed by atoms with E-state index < -0.39 is 23.7 Å². The summed E-state index contributed by atoms with van der Waals surface area (Å²) in [5.41, 5.74) is -0.593. The Hall–Kier alpha value is -1.36. The molecule has 40 heavy (non-hydrogen) atoms. The molecule has 0 aliphatic heterocycles. The molecular formula is C27H54NO12+. The van der Waals surface area contributed by atoms with Crippen LogP contribution in [0.4, 0.5) is 0 Å². The lowest BCUT2D eigenvalue weighted by molar-refractivity contribution is -0.904. The van der Waals surface area contributed by atoms with Crippen LogP contribution in [0.5, 0.6) is 0 Å². The van der Waals surface area contributed by atoms with Gasteiger partial charge < -0.3 is 63.6 Å². The van der Waals surface area contributed by atoms with Crippen LogP contribution >= 0.6 is 0 Å². The Kier molecular flexibility index (Phi) is 25.6. The third-order valence-corrected chi connectivity index (χ3v) is 6.09. The van der Waals surface area contributed by atoms with Gasteiger partial charge in [0.15, 0.2) is 13.6 Å². The molecule has 0 aromatic rings. The molecule has 0 fully saturated rings. The molecule has 0 saturated carbocycles. The summed E-state index contributed by atoms with van der Waals surface area (Å²) in [6.07, 6.45) is 1.65. The van der Waals surface area contributed by atoms with E-state index in [0.717, 1.165) is 4.90 Å². The molecule has 238 valence electrons. The van der Waals surface area contributed by atoms with Crippen molar-refractivity contribution in [2.45, 2.75) is 44.5 Å². The number of aliphatic hydroxyl groups is 5. The van der Waals surface area contributed by atoms with Crippen LogP contribution in [0.15, 0.2) is 25.7 Å². The minimum absolute atomic E-state index is 0.0440. The molecule has 0 bridgehead atoms. The predicted molar refractivity (Wildman–Crippen MR) is 146 cm³/mol. The molecule has 0 spiro atoms. The molecule has 13 heteroatoms. The lowest BCUT2D eigenvalue weighted by atomic mass is 9.88. The molecule has 0 amide bonds. The van der Waals surface area contributed by atoms with Crippen LogP contribution < -0.4 is 4.90 Å². The van der Waals surface area contributed by atoms with Gasteiger partial charge in [-0.25, -0.2) is 0 Å². The van der Waals surface area contributed by atoms with Crippen molar-refractivity contribution in [2.75, 3.05) is 99.3 Å². The molecule has 6 N–H and O–H groups in total. The van der Waals surface area contributed by atoms with E-state index in [-0.39, 0.29) is 66.4 Å². The Morgan fingerprint density at radius 3 is 1.50 bits per heavy atom. The summed E-state index contributed by atoms with van der Waals surface area (Å²) in [6.45, 7) is 11.5. The van der Waals surface area contributed by atoms with E-state index >= 15 is 0 Å². The average molecular weight is 585 g/mol. The molecule has 0 aromatic carbocycles. The van der Waals surface area contributed by atoms with Gasteiger partial charge in [-0.1, -0.05) is 20.1 Å². The minimum Gasteiger partial charge on any atom is -0.476 e. The van der Waals surface area contributed by atoms with Gasteiger partial charge in [-0.3, -0.25) is 0 Å². The number of aliphatic hydroxyl groups excluding tert-OH is 5. The Balaban J connectivity index is 4.83. The third-order valence-electron chi connectivity index (χ3n) is 6.09. The molecule has 3 unspecified atom stereocenters. The summed E-state index contributed by atoms with van der Waals surface area (Å²) in [7, 11) is 0. The van der Waals surface area contributed by atoms with Crippen molar-refractivity contribution in [1.82, 2.24) is 0 Å². The fraction of sp³-hybridized carbons (Fsp3) is 0.852. The van der Waals surface area contributed by atoms with E-state index in [1.54, 1.807) is 0 Å². The fourth-order valence-electron chi connectivity index (χ4n) is 3.62. The molecule has 0 rings (SSSR count). The van der Waals surface area contributed by atoms with Gasteiger partial charge in [-0.05, 0) is 19.3 Å². The van der Waals surface area contributed by atoms with E-state index in [4.69, 9.17) is 33.2 Å². The van der Waals surface area contributed by atoms with Crippen molar-refractivity contribution in [1.29, 1.82) is 0 Å². The van der Waals surface area contributed by atoms with Crippen molar-refractivity contribution < 1.29 is 63.6 Å².